The van der Waals surface area contributed by atoms with E-state index < -0.39 is 0 Å². The van der Waals surface area contributed by atoms with Gasteiger partial charge in [0, 0.05) is 37.6 Å². The van der Waals surface area contributed by atoms with E-state index in [0.717, 1.165) is 28.0 Å². The number of halogens is 1. The summed E-state index contributed by atoms with van der Waals surface area (Å²) in [5.41, 5.74) is 2.21. The van der Waals surface area contributed by atoms with Crippen LogP contribution in [0.4, 0.5) is 0 Å². The lowest BCUT2D eigenvalue weighted by Gasteiger charge is -2.11. The highest BCUT2D eigenvalue weighted by atomic mass is 127. The van der Waals surface area contributed by atoms with Crippen LogP contribution in [0.15, 0.2) is 47.4 Å². The molecule has 2 N–H and O–H groups in total. The normalized spacial score (nSPS) is 11.3. The number of imidazole rings is 1. The SMILES string of the molecule is CN=C(NCc1ccc(-n2ccnc2)nc1)NCc1nc(C(C)C)cs1.I. The van der Waals surface area contributed by atoms with E-state index >= 15 is 0 Å². The van der Waals surface area contributed by atoms with Gasteiger partial charge in [0.15, 0.2) is 5.96 Å². The van der Waals surface area contributed by atoms with Gasteiger partial charge < -0.3 is 10.6 Å². The minimum absolute atomic E-state index is 0. The van der Waals surface area contributed by atoms with Crippen LogP contribution in [0, 0.1) is 0 Å². The highest BCUT2D eigenvalue weighted by molar-refractivity contribution is 14.0. The maximum atomic E-state index is 4.62. The molecule has 0 radical (unpaired) electrons. The molecule has 0 aliphatic heterocycles. The fourth-order valence-electron chi connectivity index (χ4n) is 2.31. The second-order valence-corrected chi connectivity index (χ2v) is 7.04. The van der Waals surface area contributed by atoms with E-state index in [4.69, 9.17) is 0 Å². The molecule has 0 spiro atoms. The van der Waals surface area contributed by atoms with Gasteiger partial charge in [0.2, 0.25) is 0 Å². The van der Waals surface area contributed by atoms with Gasteiger partial charge in [-0.2, -0.15) is 0 Å². The third-order valence-electron chi connectivity index (χ3n) is 3.83. The Morgan fingerprint density at radius 1 is 1.26 bits per heavy atom. The quantitative estimate of drug-likeness (QED) is 0.310. The third kappa shape index (κ3) is 5.99. The van der Waals surface area contributed by atoms with Crippen molar-refractivity contribution in [1.29, 1.82) is 0 Å². The molecule has 0 aliphatic rings. The number of aliphatic imine (C=N–C) groups is 1. The van der Waals surface area contributed by atoms with Gasteiger partial charge in [-0.05, 0) is 17.5 Å². The molecule has 0 aliphatic carbocycles. The third-order valence-corrected chi connectivity index (χ3v) is 4.70. The van der Waals surface area contributed by atoms with Gasteiger partial charge in [-0.25, -0.2) is 15.0 Å². The molecule has 0 saturated carbocycles. The summed E-state index contributed by atoms with van der Waals surface area (Å²) in [4.78, 5) is 17.4. The molecular weight excluding hydrogens is 473 g/mol. The molecule has 0 bridgehead atoms. The van der Waals surface area contributed by atoms with Gasteiger partial charge in [0.25, 0.3) is 0 Å². The van der Waals surface area contributed by atoms with Gasteiger partial charge in [-0.15, -0.1) is 35.3 Å². The van der Waals surface area contributed by atoms with Gasteiger partial charge >= 0.3 is 0 Å². The van der Waals surface area contributed by atoms with Crippen molar-refractivity contribution in [3.63, 3.8) is 0 Å². The summed E-state index contributed by atoms with van der Waals surface area (Å²) in [5, 5.41) is 9.77. The molecule has 7 nitrogen and oxygen atoms in total. The Morgan fingerprint density at radius 2 is 2.07 bits per heavy atom. The fraction of sp³-hybridized carbons (Fsp3) is 0.333. The second-order valence-electron chi connectivity index (χ2n) is 6.09. The molecular formula is C18H24IN7S. The van der Waals surface area contributed by atoms with E-state index in [-0.39, 0.29) is 24.0 Å². The zero-order valence-corrected chi connectivity index (χ0v) is 18.7. The Kier molecular flexibility index (Phi) is 8.17. The van der Waals surface area contributed by atoms with Crippen molar-refractivity contribution in [2.45, 2.75) is 32.9 Å². The number of thiazole rings is 1. The molecule has 144 valence electrons. The van der Waals surface area contributed by atoms with Gasteiger partial charge in [-0.3, -0.25) is 9.56 Å². The number of hydrogen-bond donors (Lipinski definition) is 2. The van der Waals surface area contributed by atoms with Crippen LogP contribution < -0.4 is 10.6 Å². The van der Waals surface area contributed by atoms with Crippen molar-refractivity contribution >= 4 is 41.3 Å². The summed E-state index contributed by atoms with van der Waals surface area (Å²) in [6, 6.07) is 4.01. The number of nitrogens with one attached hydrogen (secondary N) is 2. The van der Waals surface area contributed by atoms with Crippen LogP contribution in [0.1, 0.15) is 36.0 Å². The zero-order valence-electron chi connectivity index (χ0n) is 15.6. The largest absolute Gasteiger partial charge is 0.352 e. The number of rotatable bonds is 6. The summed E-state index contributed by atoms with van der Waals surface area (Å²) in [7, 11) is 1.76. The zero-order chi connectivity index (χ0) is 18.4. The standard InChI is InChI=1S/C18H23N7S.HI/c1-13(2)15-11-26-17(24-15)10-23-18(19-3)22-9-14-4-5-16(21-8-14)25-7-6-20-12-25;/h4-8,11-13H,9-10H2,1-3H3,(H2,19,22,23);1H. The number of hydrogen-bond acceptors (Lipinski definition) is 5. The first-order chi connectivity index (χ1) is 12.7. The molecule has 3 aromatic heterocycles. The first-order valence-corrected chi connectivity index (χ1v) is 9.35. The van der Waals surface area contributed by atoms with Gasteiger partial charge in [0.1, 0.15) is 17.2 Å². The lowest BCUT2D eigenvalue weighted by molar-refractivity contribution is 0.783. The van der Waals surface area contributed by atoms with Crippen LogP contribution >= 0.6 is 35.3 Å². The van der Waals surface area contributed by atoms with E-state index in [1.807, 2.05) is 29.1 Å². The number of aromatic nitrogens is 4. The van der Waals surface area contributed by atoms with E-state index in [1.54, 1.807) is 30.9 Å². The number of pyridine rings is 1. The lowest BCUT2D eigenvalue weighted by Crippen LogP contribution is -2.36. The van der Waals surface area contributed by atoms with Crippen molar-refractivity contribution < 1.29 is 0 Å². The van der Waals surface area contributed by atoms with Crippen LogP contribution in [-0.4, -0.2) is 32.5 Å². The van der Waals surface area contributed by atoms with E-state index in [0.29, 0.717) is 19.0 Å². The monoisotopic (exact) mass is 497 g/mol. The van der Waals surface area contributed by atoms with E-state index in [2.05, 4.69) is 49.8 Å². The minimum Gasteiger partial charge on any atom is -0.352 e. The Morgan fingerprint density at radius 3 is 2.67 bits per heavy atom. The van der Waals surface area contributed by atoms with Crippen molar-refractivity contribution in [2.24, 2.45) is 4.99 Å². The van der Waals surface area contributed by atoms with E-state index in [9.17, 15) is 0 Å². The smallest absolute Gasteiger partial charge is 0.191 e. The van der Waals surface area contributed by atoms with Gasteiger partial charge in [-0.1, -0.05) is 19.9 Å². The average molecular weight is 497 g/mol. The summed E-state index contributed by atoms with van der Waals surface area (Å²) >= 11 is 1.67. The van der Waals surface area contributed by atoms with Crippen LogP contribution in [0.25, 0.3) is 5.82 Å². The Bertz CT molecular complexity index is 841. The Hall–Kier alpha value is -2.01. The van der Waals surface area contributed by atoms with Crippen LogP contribution in [-0.2, 0) is 13.1 Å². The van der Waals surface area contributed by atoms with Crippen LogP contribution in [0.3, 0.4) is 0 Å². The predicted octanol–water partition coefficient (Wildman–Crippen LogP) is 3.33. The number of guanidine groups is 1. The predicted molar refractivity (Wildman–Crippen MR) is 120 cm³/mol. The Labute approximate surface area is 180 Å². The molecule has 0 unspecified atom stereocenters. The molecule has 0 saturated heterocycles. The van der Waals surface area contributed by atoms with Crippen LogP contribution in [0.2, 0.25) is 0 Å². The first kappa shape index (κ1) is 21.3. The van der Waals surface area contributed by atoms with Crippen molar-refractivity contribution in [1.82, 2.24) is 30.2 Å². The van der Waals surface area contributed by atoms with Crippen molar-refractivity contribution in [2.75, 3.05) is 7.05 Å². The fourth-order valence-corrected chi connectivity index (χ4v) is 3.20. The van der Waals surface area contributed by atoms with Gasteiger partial charge in [0.05, 0.1) is 12.2 Å². The maximum absolute atomic E-state index is 4.62. The molecule has 27 heavy (non-hydrogen) atoms. The molecule has 3 rings (SSSR count). The van der Waals surface area contributed by atoms with Crippen molar-refractivity contribution in [3.8, 4) is 5.82 Å². The molecule has 0 fully saturated rings. The summed E-state index contributed by atoms with van der Waals surface area (Å²) in [6.45, 7) is 5.61. The molecule has 0 aromatic carbocycles. The maximum Gasteiger partial charge on any atom is 0.191 e. The van der Waals surface area contributed by atoms with Crippen molar-refractivity contribution in [3.05, 3.63) is 58.7 Å². The second kappa shape index (κ2) is 10.4. The Balaban J connectivity index is 0.00000261. The first-order valence-electron chi connectivity index (χ1n) is 8.48. The average Bonchev–Trinajstić information content (AvgIpc) is 3.34. The molecule has 9 heteroatoms. The lowest BCUT2D eigenvalue weighted by atomic mass is 10.2. The number of nitrogens with zero attached hydrogens (tertiary/aromatic N) is 5. The van der Waals surface area contributed by atoms with E-state index in [1.165, 1.54) is 0 Å². The highest BCUT2D eigenvalue weighted by Gasteiger charge is 2.06. The summed E-state index contributed by atoms with van der Waals surface area (Å²) in [5.74, 6) is 2.04. The molecule has 3 aromatic rings. The highest BCUT2D eigenvalue weighted by Crippen LogP contribution is 2.17. The molecule has 3 heterocycles. The summed E-state index contributed by atoms with van der Waals surface area (Å²) < 4.78 is 1.87. The summed E-state index contributed by atoms with van der Waals surface area (Å²) in [6.07, 6.45) is 7.19. The molecule has 0 amide bonds. The molecule has 0 atom stereocenters. The minimum atomic E-state index is 0. The van der Waals surface area contributed by atoms with Crippen LogP contribution in [0.5, 0.6) is 0 Å². The topological polar surface area (TPSA) is 80.0 Å².